The first-order valence-electron chi connectivity index (χ1n) is 18.5. The van der Waals surface area contributed by atoms with Crippen molar-refractivity contribution in [2.45, 2.75) is 27.2 Å². The quantitative estimate of drug-likeness (QED) is 0.167. The highest BCUT2D eigenvalue weighted by atomic mass is 79.9. The number of nitrogens with one attached hydrogen (secondary N) is 1. The molecule has 11 nitrogen and oxygen atoms in total. The lowest BCUT2D eigenvalue weighted by Gasteiger charge is -2.25. The van der Waals surface area contributed by atoms with Crippen molar-refractivity contribution in [1.82, 2.24) is 26.5 Å². The fraction of sp³-hybridized carbons (Fsp3) is 0.257. The maximum Gasteiger partial charge on any atom is 0.308 e. The van der Waals surface area contributed by atoms with E-state index in [2.05, 4.69) is 86.7 Å². The van der Waals surface area contributed by atoms with E-state index in [1.807, 2.05) is 24.3 Å². The SMILES string of the molecule is C.CCNc1ccc2cccc(Cc3cn(S(=O)(=O)N(C)C)cn3)c2c1.CN(C)S(=O)(=O)n1cnc(Cc2cccc3ccc(Br)cc23)c1.[B][B]B([B])B(B([B])[B])B([B])[B]. The molecular weight excluding hydrogens is 845 g/mol. The second-order valence-corrected chi connectivity index (χ2v) is 19.0. The molecule has 2 heterocycles. The minimum Gasteiger partial charge on any atom is -0.385 e. The molecule has 0 unspecified atom stereocenters. The molecule has 13 radical (unpaired) electrons. The van der Waals surface area contributed by atoms with Gasteiger partial charge < -0.3 is 5.32 Å². The van der Waals surface area contributed by atoms with Crippen molar-refractivity contribution in [3.63, 3.8) is 0 Å². The molecule has 0 bridgehead atoms. The van der Waals surface area contributed by atoms with Crippen LogP contribution < -0.4 is 5.32 Å². The summed E-state index contributed by atoms with van der Waals surface area (Å²) in [5.74, 6) is 0. The monoisotopic (exact) mass is 888 g/mol. The van der Waals surface area contributed by atoms with Gasteiger partial charge in [0.05, 0.1) is 11.4 Å². The summed E-state index contributed by atoms with van der Waals surface area (Å²) >= 11 is 3.49. The van der Waals surface area contributed by atoms with Gasteiger partial charge in [-0.2, -0.15) is 25.4 Å². The van der Waals surface area contributed by atoms with Crippen molar-refractivity contribution in [2.75, 3.05) is 40.1 Å². The van der Waals surface area contributed by atoms with Gasteiger partial charge in [0, 0.05) is 149 Å². The van der Waals surface area contributed by atoms with Crippen molar-refractivity contribution in [3.8, 4) is 0 Å². The third-order valence-electron chi connectivity index (χ3n) is 9.27. The standard InChI is InChI=1S/C18H22N4O2S.C16H16BrN3O2S.CH4.B11/c1-4-19-16-9-8-14-6-5-7-15(18(14)11-16)10-17-12-22(13-20-17)25(23,24)21(2)3;1-19(2)23(21,22)20-10-15(18-11-20)8-13-5-3-4-12-6-7-14(17)9-16(12)13;;1-7-10(6)11(8(2)3)9(4)5/h5-9,11-13,19H,4,10H2,1-3H3;3-7,9-11H,8H2,1-2H3;1H4;. The molecule has 6 aromatic rings. The maximum atomic E-state index is 12.2. The molecule has 0 atom stereocenters. The highest BCUT2D eigenvalue weighted by molar-refractivity contribution is 9.10. The Kier molecular flexibility index (Phi) is 19.2. The normalized spacial score (nSPS) is 11.2. The van der Waals surface area contributed by atoms with E-state index < -0.39 is 39.6 Å². The van der Waals surface area contributed by atoms with Crippen LogP contribution in [-0.2, 0) is 33.3 Å². The summed E-state index contributed by atoms with van der Waals surface area (Å²) in [4.78, 5) is 8.50. The Bertz CT molecular complexity index is 2540. The van der Waals surface area contributed by atoms with E-state index in [1.165, 1.54) is 52.2 Å². The third kappa shape index (κ3) is 13.1. The van der Waals surface area contributed by atoms with Gasteiger partial charge >= 0.3 is 20.4 Å². The molecule has 0 spiro atoms. The Morgan fingerprint density at radius 1 is 0.717 bits per heavy atom. The maximum absolute atomic E-state index is 12.2. The molecular formula is C35H42B11BrN7O4S2. The van der Waals surface area contributed by atoms with Gasteiger partial charge in [0.2, 0.25) is 0 Å². The predicted octanol–water partition coefficient (Wildman–Crippen LogP) is 2.20. The van der Waals surface area contributed by atoms with Gasteiger partial charge in [-0.15, -0.1) is 0 Å². The molecule has 1 N–H and O–H groups in total. The lowest BCUT2D eigenvalue weighted by atomic mass is 8.56. The zero-order chi connectivity index (χ0) is 43.7. The van der Waals surface area contributed by atoms with Gasteiger partial charge in [-0.05, 0) is 63.9 Å². The van der Waals surface area contributed by atoms with Gasteiger partial charge in [0.1, 0.15) is 12.7 Å². The topological polar surface area (TPSA) is 122 Å². The molecule has 0 aliphatic carbocycles. The number of imidazole rings is 2. The molecule has 6 rings (SSSR count). The summed E-state index contributed by atoms with van der Waals surface area (Å²) in [6, 6.07) is 24.6. The summed E-state index contributed by atoms with van der Waals surface area (Å²) in [6.07, 6.45) is 4.82. The van der Waals surface area contributed by atoms with Crippen LogP contribution in [0.25, 0.3) is 21.5 Å². The molecule has 2 aromatic heterocycles. The zero-order valence-electron chi connectivity index (χ0n) is 33.7. The van der Waals surface area contributed by atoms with E-state index in [9.17, 15) is 16.8 Å². The molecule has 0 fully saturated rings. The first kappa shape index (κ1) is 51.0. The largest absolute Gasteiger partial charge is 0.385 e. The number of hydrogen-bond donors (Lipinski definition) is 1. The van der Waals surface area contributed by atoms with E-state index in [-0.39, 0.29) is 13.8 Å². The highest BCUT2D eigenvalue weighted by Crippen LogP contribution is 2.26. The molecule has 25 heteroatoms. The fourth-order valence-corrected chi connectivity index (χ4v) is 8.02. The average molecular weight is 888 g/mol. The van der Waals surface area contributed by atoms with Crippen molar-refractivity contribution in [3.05, 3.63) is 125 Å². The van der Waals surface area contributed by atoms with Crippen LogP contribution in [0.2, 0.25) is 0 Å². The predicted molar refractivity (Wildman–Crippen MR) is 266 cm³/mol. The van der Waals surface area contributed by atoms with E-state index in [0.29, 0.717) is 24.2 Å². The number of hydrogen-bond acceptors (Lipinski definition) is 7. The molecule has 4 aromatic carbocycles. The number of aromatic nitrogens is 4. The summed E-state index contributed by atoms with van der Waals surface area (Å²) in [6.45, 7) is 2.93. The average Bonchev–Trinajstić information content (AvgIpc) is 3.86. The lowest BCUT2D eigenvalue weighted by Crippen LogP contribution is -2.63. The Labute approximate surface area is 375 Å². The molecule has 60 heavy (non-hydrogen) atoms. The Morgan fingerprint density at radius 2 is 1.17 bits per heavy atom. The molecule has 0 aliphatic heterocycles. The number of halogens is 1. The minimum atomic E-state index is -3.53. The number of benzene rings is 4. The van der Waals surface area contributed by atoms with Crippen molar-refractivity contribution < 1.29 is 16.8 Å². The van der Waals surface area contributed by atoms with Crippen LogP contribution in [0.4, 0.5) is 5.69 Å². The molecule has 0 saturated heterocycles. The summed E-state index contributed by atoms with van der Waals surface area (Å²) in [5.41, 5.74) is 4.72. The van der Waals surface area contributed by atoms with Gasteiger partial charge in [0.15, 0.2) is 0 Å². The Balaban J connectivity index is 0.000000256. The number of rotatable bonds is 14. The van der Waals surface area contributed by atoms with Crippen LogP contribution >= 0.6 is 15.9 Å². The lowest BCUT2D eigenvalue weighted by molar-refractivity contribution is 0.509. The first-order chi connectivity index (χ1) is 27.8. The van der Waals surface area contributed by atoms with E-state index >= 15 is 0 Å². The third-order valence-corrected chi connectivity index (χ3v) is 13.1. The number of nitrogens with zero attached hydrogens (tertiary/aromatic N) is 6. The Morgan fingerprint density at radius 3 is 1.57 bits per heavy atom. The molecule has 0 saturated carbocycles. The van der Waals surface area contributed by atoms with Crippen molar-refractivity contribution in [2.24, 2.45) is 0 Å². The first-order valence-corrected chi connectivity index (χ1v) is 22.1. The van der Waals surface area contributed by atoms with E-state index in [4.69, 9.17) is 46.4 Å². The van der Waals surface area contributed by atoms with Crippen LogP contribution in [0.1, 0.15) is 36.9 Å². The van der Waals surface area contributed by atoms with Crippen LogP contribution in [0.3, 0.4) is 0 Å². The van der Waals surface area contributed by atoms with Crippen LogP contribution in [0.15, 0.2) is 102 Å². The second-order valence-electron chi connectivity index (χ2n) is 14.0. The van der Waals surface area contributed by atoms with Gasteiger partial charge in [-0.1, -0.05) is 71.9 Å². The fourth-order valence-electron chi connectivity index (χ4n) is 6.06. The van der Waals surface area contributed by atoms with Crippen LogP contribution in [-0.4, -0.2) is 157 Å². The minimum absolute atomic E-state index is 0. The van der Waals surface area contributed by atoms with E-state index in [1.54, 1.807) is 12.4 Å². The summed E-state index contributed by atoms with van der Waals surface area (Å²) in [7, 11) is 32.4. The van der Waals surface area contributed by atoms with E-state index in [0.717, 1.165) is 61.6 Å². The van der Waals surface area contributed by atoms with Crippen molar-refractivity contribution >= 4 is 143 Å². The van der Waals surface area contributed by atoms with Gasteiger partial charge in [-0.3, -0.25) is 0 Å². The second kappa shape index (κ2) is 22.6. The van der Waals surface area contributed by atoms with Crippen LogP contribution in [0.5, 0.6) is 0 Å². The molecule has 293 valence electrons. The molecule has 0 amide bonds. The van der Waals surface area contributed by atoms with Gasteiger partial charge in [0.25, 0.3) is 0 Å². The summed E-state index contributed by atoms with van der Waals surface area (Å²) < 4.78 is 54.2. The van der Waals surface area contributed by atoms with Crippen LogP contribution in [0, 0.1) is 0 Å². The Hall–Kier alpha value is -3.37. The zero-order valence-corrected chi connectivity index (χ0v) is 36.9. The van der Waals surface area contributed by atoms with Gasteiger partial charge in [-0.25, -0.2) is 17.9 Å². The molecule has 0 aliphatic rings. The highest BCUT2D eigenvalue weighted by Gasteiger charge is 2.26. The number of anilines is 1. The van der Waals surface area contributed by atoms with Crippen molar-refractivity contribution in [1.29, 1.82) is 0 Å². The number of fused-ring (bicyclic) bond motifs is 2. The smallest absolute Gasteiger partial charge is 0.308 e. The summed E-state index contributed by atoms with van der Waals surface area (Å²) in [5, 5.41) is 7.90.